The van der Waals surface area contributed by atoms with Gasteiger partial charge in [0.1, 0.15) is 5.76 Å². The van der Waals surface area contributed by atoms with Crippen LogP contribution >= 0.6 is 0 Å². The number of hydrogen-bond acceptors (Lipinski definition) is 3. The van der Waals surface area contributed by atoms with Gasteiger partial charge in [0.15, 0.2) is 0 Å². The van der Waals surface area contributed by atoms with Crippen molar-refractivity contribution < 1.29 is 9.21 Å². The molecule has 1 rings (SSSR count). The molecule has 1 heterocycles. The Morgan fingerprint density at radius 3 is 2.87 bits per heavy atom. The first-order valence-corrected chi connectivity index (χ1v) is 5.21. The van der Waals surface area contributed by atoms with Gasteiger partial charge in [0.25, 0.3) is 0 Å². The molecular formula is C11H18N2O2. The van der Waals surface area contributed by atoms with E-state index in [9.17, 15) is 4.79 Å². The lowest BCUT2D eigenvalue weighted by Crippen LogP contribution is -2.41. The molecule has 1 atom stereocenters. The van der Waals surface area contributed by atoms with E-state index in [2.05, 4.69) is 0 Å². The molecule has 4 nitrogen and oxygen atoms in total. The van der Waals surface area contributed by atoms with Crippen molar-refractivity contribution in [1.29, 1.82) is 0 Å². The topological polar surface area (TPSA) is 59.5 Å². The summed E-state index contributed by atoms with van der Waals surface area (Å²) in [5.41, 5.74) is 5.37. The van der Waals surface area contributed by atoms with Gasteiger partial charge in [-0.1, -0.05) is 6.92 Å². The van der Waals surface area contributed by atoms with Gasteiger partial charge in [0.2, 0.25) is 5.91 Å². The molecule has 0 aromatic carbocycles. The van der Waals surface area contributed by atoms with Crippen molar-refractivity contribution in [3.63, 3.8) is 0 Å². The predicted molar refractivity (Wildman–Crippen MR) is 58.1 cm³/mol. The maximum absolute atomic E-state index is 11.6. The highest BCUT2D eigenvalue weighted by Gasteiger charge is 2.18. The number of hydrogen-bond donors (Lipinski definition) is 1. The molecule has 84 valence electrons. The van der Waals surface area contributed by atoms with Gasteiger partial charge in [-0.25, -0.2) is 0 Å². The van der Waals surface area contributed by atoms with E-state index in [0.717, 1.165) is 12.2 Å². The monoisotopic (exact) mass is 210 g/mol. The van der Waals surface area contributed by atoms with Crippen molar-refractivity contribution in [3.05, 3.63) is 24.2 Å². The Hall–Kier alpha value is -1.29. The maximum atomic E-state index is 11.6. The lowest BCUT2D eigenvalue weighted by atomic mass is 10.2. The van der Waals surface area contributed by atoms with Crippen LogP contribution in [0.5, 0.6) is 0 Å². The Labute approximate surface area is 90.0 Å². The third kappa shape index (κ3) is 3.09. The van der Waals surface area contributed by atoms with Gasteiger partial charge >= 0.3 is 0 Å². The zero-order valence-corrected chi connectivity index (χ0v) is 9.27. The molecular weight excluding hydrogens is 192 g/mol. The second-order valence-corrected chi connectivity index (χ2v) is 3.56. The number of carbonyl (C=O) groups is 1. The minimum absolute atomic E-state index is 0.0410. The number of rotatable bonds is 5. The quantitative estimate of drug-likeness (QED) is 0.798. The summed E-state index contributed by atoms with van der Waals surface area (Å²) in [5, 5.41) is 0. The van der Waals surface area contributed by atoms with Crippen molar-refractivity contribution in [3.8, 4) is 0 Å². The van der Waals surface area contributed by atoms with Gasteiger partial charge in [-0.3, -0.25) is 4.79 Å². The average molecular weight is 210 g/mol. The van der Waals surface area contributed by atoms with Crippen LogP contribution in [0, 0.1) is 0 Å². The van der Waals surface area contributed by atoms with Crippen LogP contribution in [-0.4, -0.2) is 23.4 Å². The second kappa shape index (κ2) is 5.56. The Morgan fingerprint density at radius 2 is 2.40 bits per heavy atom. The van der Waals surface area contributed by atoms with Crippen LogP contribution in [0.1, 0.15) is 26.0 Å². The minimum atomic E-state index is -0.0410. The average Bonchev–Trinajstić information content (AvgIpc) is 2.76. The molecule has 0 aliphatic rings. The number of carbonyl (C=O) groups excluding carboxylic acids is 1. The summed E-state index contributed by atoms with van der Waals surface area (Å²) in [6.07, 6.45) is 2.52. The van der Waals surface area contributed by atoms with Crippen molar-refractivity contribution in [2.24, 2.45) is 5.73 Å². The molecule has 0 aliphatic heterocycles. The van der Waals surface area contributed by atoms with E-state index in [4.69, 9.17) is 10.2 Å². The number of nitrogens with zero attached hydrogens (tertiary/aromatic N) is 1. The molecule has 1 aromatic rings. The van der Waals surface area contributed by atoms with Crippen molar-refractivity contribution in [2.75, 3.05) is 6.54 Å². The van der Waals surface area contributed by atoms with Crippen molar-refractivity contribution >= 4 is 5.91 Å². The van der Waals surface area contributed by atoms with Gasteiger partial charge in [-0.15, -0.1) is 0 Å². The van der Waals surface area contributed by atoms with Gasteiger partial charge in [0.05, 0.1) is 19.4 Å². The third-order valence-electron chi connectivity index (χ3n) is 2.52. The van der Waals surface area contributed by atoms with E-state index in [1.165, 1.54) is 0 Å². The highest BCUT2D eigenvalue weighted by atomic mass is 16.3. The lowest BCUT2D eigenvalue weighted by Gasteiger charge is -2.27. The number of furan rings is 1. The molecule has 1 unspecified atom stereocenters. The first kappa shape index (κ1) is 11.8. The molecule has 1 amide bonds. The van der Waals surface area contributed by atoms with Gasteiger partial charge in [0, 0.05) is 6.04 Å². The van der Waals surface area contributed by atoms with Crippen LogP contribution in [0.3, 0.4) is 0 Å². The molecule has 0 aliphatic carbocycles. The first-order valence-electron chi connectivity index (χ1n) is 5.21. The minimum Gasteiger partial charge on any atom is -0.467 e. The van der Waals surface area contributed by atoms with Crippen LogP contribution in [0.4, 0.5) is 0 Å². The van der Waals surface area contributed by atoms with E-state index in [1.807, 2.05) is 26.0 Å². The van der Waals surface area contributed by atoms with Crippen LogP contribution in [0.25, 0.3) is 0 Å². The normalized spacial score (nSPS) is 12.5. The highest BCUT2D eigenvalue weighted by Crippen LogP contribution is 2.11. The molecule has 2 N–H and O–H groups in total. The highest BCUT2D eigenvalue weighted by molar-refractivity contribution is 5.78. The molecule has 4 heteroatoms. The Balaban J connectivity index is 2.68. The molecule has 0 bridgehead atoms. The standard InChI is InChI=1S/C11H18N2O2/c1-3-9(2)13(11(14)7-12)8-10-5-4-6-15-10/h4-6,9H,3,7-8,12H2,1-2H3. The van der Waals surface area contributed by atoms with E-state index in [1.54, 1.807) is 11.2 Å². The second-order valence-electron chi connectivity index (χ2n) is 3.56. The summed E-state index contributed by atoms with van der Waals surface area (Å²) < 4.78 is 5.22. The van der Waals surface area contributed by atoms with Crippen LogP contribution in [-0.2, 0) is 11.3 Å². The zero-order valence-electron chi connectivity index (χ0n) is 9.27. The van der Waals surface area contributed by atoms with Gasteiger partial charge in [-0.05, 0) is 25.5 Å². The summed E-state index contributed by atoms with van der Waals surface area (Å²) in [7, 11) is 0. The zero-order chi connectivity index (χ0) is 11.3. The number of nitrogens with two attached hydrogens (primary N) is 1. The van der Waals surface area contributed by atoms with E-state index in [0.29, 0.717) is 6.54 Å². The van der Waals surface area contributed by atoms with Crippen molar-refractivity contribution in [2.45, 2.75) is 32.9 Å². The third-order valence-corrected chi connectivity index (χ3v) is 2.52. The Kier molecular flexibility index (Phi) is 4.37. The van der Waals surface area contributed by atoms with Crippen LogP contribution in [0.2, 0.25) is 0 Å². The fraction of sp³-hybridized carbons (Fsp3) is 0.545. The molecule has 0 saturated heterocycles. The first-order chi connectivity index (χ1) is 7.19. The molecule has 15 heavy (non-hydrogen) atoms. The fourth-order valence-corrected chi connectivity index (χ4v) is 1.40. The number of amides is 1. The molecule has 0 spiro atoms. The van der Waals surface area contributed by atoms with Gasteiger partial charge < -0.3 is 15.1 Å². The van der Waals surface area contributed by atoms with Gasteiger partial charge in [-0.2, -0.15) is 0 Å². The summed E-state index contributed by atoms with van der Waals surface area (Å²) in [6.45, 7) is 4.60. The fourth-order valence-electron chi connectivity index (χ4n) is 1.40. The SMILES string of the molecule is CCC(C)N(Cc1ccco1)C(=O)CN. The molecule has 0 saturated carbocycles. The lowest BCUT2D eigenvalue weighted by molar-refractivity contribution is -0.132. The molecule has 0 fully saturated rings. The summed E-state index contributed by atoms with van der Waals surface area (Å²) in [4.78, 5) is 13.3. The van der Waals surface area contributed by atoms with Crippen LogP contribution < -0.4 is 5.73 Å². The van der Waals surface area contributed by atoms with E-state index in [-0.39, 0.29) is 18.5 Å². The molecule has 1 aromatic heterocycles. The summed E-state index contributed by atoms with van der Waals surface area (Å²) >= 11 is 0. The smallest absolute Gasteiger partial charge is 0.236 e. The Morgan fingerprint density at radius 1 is 1.67 bits per heavy atom. The van der Waals surface area contributed by atoms with E-state index < -0.39 is 0 Å². The van der Waals surface area contributed by atoms with Crippen molar-refractivity contribution in [1.82, 2.24) is 4.90 Å². The van der Waals surface area contributed by atoms with E-state index >= 15 is 0 Å². The maximum Gasteiger partial charge on any atom is 0.236 e. The summed E-state index contributed by atoms with van der Waals surface area (Å²) in [6, 6.07) is 3.86. The Bertz CT molecular complexity index is 296. The summed E-state index contributed by atoms with van der Waals surface area (Å²) in [5.74, 6) is 0.748. The largest absolute Gasteiger partial charge is 0.467 e. The predicted octanol–water partition coefficient (Wildman–Crippen LogP) is 1.37. The van der Waals surface area contributed by atoms with Crippen LogP contribution in [0.15, 0.2) is 22.8 Å². The molecule has 0 radical (unpaired) electrons.